The number of hydrogen-bond donors (Lipinski definition) is 7. The summed E-state index contributed by atoms with van der Waals surface area (Å²) in [5, 5.41) is 24.5. The summed E-state index contributed by atoms with van der Waals surface area (Å²) in [4.78, 5) is 58.0. The molecular weight excluding hydrogens is 374 g/mol. The van der Waals surface area contributed by atoms with Gasteiger partial charge in [0.1, 0.15) is 18.1 Å². The first-order valence-corrected chi connectivity index (χ1v) is 8.80. The molecule has 3 amide bonds. The molecule has 0 aromatic carbocycles. The molecule has 9 N–H and O–H groups in total. The number of nitrogens with one attached hydrogen (secondary N) is 3. The highest BCUT2D eigenvalue weighted by molar-refractivity contribution is 5.94. The molecule has 0 aromatic rings. The molecule has 0 fully saturated rings. The smallest absolute Gasteiger partial charge is 0.326 e. The van der Waals surface area contributed by atoms with Gasteiger partial charge < -0.3 is 37.6 Å². The first kappa shape index (κ1) is 25.3. The molecule has 0 saturated heterocycles. The maximum absolute atomic E-state index is 12.4. The van der Waals surface area contributed by atoms with Crippen molar-refractivity contribution in [2.24, 2.45) is 11.5 Å². The fourth-order valence-electron chi connectivity index (χ4n) is 2.12. The molecular formula is C16H29N5O7. The van der Waals surface area contributed by atoms with Crippen LogP contribution in [0, 0.1) is 0 Å². The summed E-state index contributed by atoms with van der Waals surface area (Å²) in [7, 11) is 0. The van der Waals surface area contributed by atoms with Crippen molar-refractivity contribution in [1.82, 2.24) is 16.0 Å². The molecule has 0 rings (SSSR count). The van der Waals surface area contributed by atoms with Crippen molar-refractivity contribution in [3.05, 3.63) is 0 Å². The number of unbranched alkanes of at least 4 members (excludes halogenated alkanes) is 1. The van der Waals surface area contributed by atoms with Crippen LogP contribution in [-0.2, 0) is 24.0 Å². The second-order valence-corrected chi connectivity index (χ2v) is 6.36. The monoisotopic (exact) mass is 403 g/mol. The molecule has 0 radical (unpaired) electrons. The van der Waals surface area contributed by atoms with Crippen LogP contribution in [0.5, 0.6) is 0 Å². The van der Waals surface area contributed by atoms with Gasteiger partial charge in [0.05, 0.1) is 12.5 Å². The third kappa shape index (κ3) is 9.83. The van der Waals surface area contributed by atoms with Gasteiger partial charge >= 0.3 is 11.9 Å². The zero-order chi connectivity index (χ0) is 21.9. The lowest BCUT2D eigenvalue weighted by atomic mass is 10.1. The highest BCUT2D eigenvalue weighted by atomic mass is 16.4. The van der Waals surface area contributed by atoms with Crippen LogP contribution in [0.15, 0.2) is 0 Å². The number of carbonyl (C=O) groups excluding carboxylic acids is 3. The Balaban J connectivity index is 4.95. The van der Waals surface area contributed by atoms with Gasteiger partial charge in [0.2, 0.25) is 17.7 Å². The molecule has 160 valence electrons. The van der Waals surface area contributed by atoms with E-state index in [9.17, 15) is 24.0 Å². The van der Waals surface area contributed by atoms with E-state index in [1.54, 1.807) is 0 Å². The number of amides is 3. The molecule has 28 heavy (non-hydrogen) atoms. The van der Waals surface area contributed by atoms with Gasteiger partial charge in [-0.1, -0.05) is 0 Å². The van der Waals surface area contributed by atoms with Crippen LogP contribution in [0.1, 0.15) is 39.5 Å². The third-order valence-corrected chi connectivity index (χ3v) is 3.74. The average Bonchev–Trinajstić information content (AvgIpc) is 2.59. The van der Waals surface area contributed by atoms with E-state index in [0.29, 0.717) is 19.4 Å². The van der Waals surface area contributed by atoms with Crippen LogP contribution in [0.2, 0.25) is 0 Å². The topological polar surface area (TPSA) is 214 Å². The Kier molecular flexibility index (Phi) is 11.4. The Labute approximate surface area is 162 Å². The lowest BCUT2D eigenvalue weighted by Gasteiger charge is -2.22. The first-order valence-electron chi connectivity index (χ1n) is 8.80. The summed E-state index contributed by atoms with van der Waals surface area (Å²) in [5.74, 6) is -4.99. The molecule has 12 nitrogen and oxygen atoms in total. The quantitative estimate of drug-likeness (QED) is 0.161. The summed E-state index contributed by atoms with van der Waals surface area (Å²) in [5.41, 5.74) is 10.9. The van der Waals surface area contributed by atoms with Gasteiger partial charge in [0, 0.05) is 0 Å². The maximum Gasteiger partial charge on any atom is 0.326 e. The zero-order valence-corrected chi connectivity index (χ0v) is 15.9. The van der Waals surface area contributed by atoms with Crippen LogP contribution in [0.3, 0.4) is 0 Å². The van der Waals surface area contributed by atoms with E-state index >= 15 is 0 Å². The van der Waals surface area contributed by atoms with Crippen LogP contribution < -0.4 is 27.4 Å². The molecule has 0 spiro atoms. The Morgan fingerprint density at radius 1 is 0.857 bits per heavy atom. The van der Waals surface area contributed by atoms with Gasteiger partial charge in [-0.2, -0.15) is 0 Å². The minimum atomic E-state index is -1.64. The van der Waals surface area contributed by atoms with E-state index in [0.717, 1.165) is 0 Å². The van der Waals surface area contributed by atoms with Crippen molar-refractivity contribution in [2.45, 2.75) is 63.7 Å². The van der Waals surface area contributed by atoms with Crippen molar-refractivity contribution in [2.75, 3.05) is 6.54 Å². The highest BCUT2D eigenvalue weighted by Crippen LogP contribution is 2.03. The van der Waals surface area contributed by atoms with E-state index in [-0.39, 0.29) is 6.42 Å². The number of hydrogen-bond acceptors (Lipinski definition) is 7. The van der Waals surface area contributed by atoms with Gasteiger partial charge in [-0.15, -0.1) is 0 Å². The maximum atomic E-state index is 12.4. The molecule has 12 heteroatoms. The zero-order valence-electron chi connectivity index (χ0n) is 15.9. The van der Waals surface area contributed by atoms with Gasteiger partial charge in [0.25, 0.3) is 0 Å². The molecule has 0 heterocycles. The van der Waals surface area contributed by atoms with Crippen molar-refractivity contribution < 1.29 is 34.2 Å². The predicted octanol–water partition coefficient (Wildman–Crippen LogP) is -2.50. The number of carboxylic acids is 2. The SMILES string of the molecule is CC(N)C(=O)NC(CCCCN)C(=O)NC(C)C(=O)NC(CC(=O)O)C(=O)O. The lowest BCUT2D eigenvalue weighted by molar-refractivity contribution is -0.147. The van der Waals surface area contributed by atoms with E-state index in [2.05, 4.69) is 10.6 Å². The number of aliphatic carboxylic acids is 2. The van der Waals surface area contributed by atoms with E-state index in [1.165, 1.54) is 13.8 Å². The van der Waals surface area contributed by atoms with E-state index < -0.39 is 60.2 Å². The van der Waals surface area contributed by atoms with Crippen LogP contribution in [0.4, 0.5) is 0 Å². The number of carboxylic acid groups (broad SMARTS) is 2. The Morgan fingerprint density at radius 2 is 1.43 bits per heavy atom. The van der Waals surface area contributed by atoms with Crippen LogP contribution in [0.25, 0.3) is 0 Å². The van der Waals surface area contributed by atoms with Crippen molar-refractivity contribution in [3.8, 4) is 0 Å². The van der Waals surface area contributed by atoms with Crippen LogP contribution in [-0.4, -0.2) is 70.6 Å². The molecule has 0 aromatic heterocycles. The van der Waals surface area contributed by atoms with Gasteiger partial charge in [-0.05, 0) is 39.7 Å². The molecule has 0 aliphatic carbocycles. The van der Waals surface area contributed by atoms with Gasteiger partial charge in [-0.3, -0.25) is 19.2 Å². The summed E-state index contributed by atoms with van der Waals surface area (Å²) in [6.45, 7) is 3.17. The normalized spacial score (nSPS) is 14.9. The van der Waals surface area contributed by atoms with E-state index in [4.69, 9.17) is 21.7 Å². The molecule has 0 aliphatic heterocycles. The van der Waals surface area contributed by atoms with Crippen molar-refractivity contribution in [1.29, 1.82) is 0 Å². The second-order valence-electron chi connectivity index (χ2n) is 6.36. The fraction of sp³-hybridized carbons (Fsp3) is 0.688. The largest absolute Gasteiger partial charge is 0.481 e. The average molecular weight is 403 g/mol. The summed E-state index contributed by atoms with van der Waals surface area (Å²) < 4.78 is 0. The Morgan fingerprint density at radius 3 is 1.89 bits per heavy atom. The first-order chi connectivity index (χ1) is 13.0. The van der Waals surface area contributed by atoms with E-state index in [1.807, 2.05) is 5.32 Å². The van der Waals surface area contributed by atoms with Crippen LogP contribution >= 0.6 is 0 Å². The standard InChI is InChI=1S/C16H29N5O7/c1-8(18)13(24)20-10(5-3-4-6-17)15(26)19-9(2)14(25)21-11(16(27)28)7-12(22)23/h8-11H,3-7,17-18H2,1-2H3,(H,19,26)(H,20,24)(H,21,25)(H,22,23)(H,27,28). The summed E-state index contributed by atoms with van der Waals surface area (Å²) >= 11 is 0. The van der Waals surface area contributed by atoms with Gasteiger partial charge in [0.15, 0.2) is 0 Å². The Bertz CT molecular complexity index is 582. The highest BCUT2D eigenvalue weighted by Gasteiger charge is 2.28. The number of carbonyl (C=O) groups is 5. The minimum absolute atomic E-state index is 0.270. The summed E-state index contributed by atoms with van der Waals surface area (Å²) in [6.07, 6.45) is 0.637. The minimum Gasteiger partial charge on any atom is -0.481 e. The predicted molar refractivity (Wildman–Crippen MR) is 97.9 cm³/mol. The third-order valence-electron chi connectivity index (χ3n) is 3.74. The lowest BCUT2D eigenvalue weighted by Crippen LogP contribution is -2.56. The number of nitrogens with two attached hydrogens (primary N) is 2. The summed E-state index contributed by atoms with van der Waals surface area (Å²) in [6, 6.07) is -4.58. The molecule has 0 bridgehead atoms. The molecule has 0 saturated carbocycles. The fourth-order valence-corrected chi connectivity index (χ4v) is 2.12. The molecule has 4 atom stereocenters. The Hall–Kier alpha value is -2.73. The van der Waals surface area contributed by atoms with Gasteiger partial charge in [-0.25, -0.2) is 4.79 Å². The number of rotatable bonds is 13. The van der Waals surface area contributed by atoms with Crippen molar-refractivity contribution >= 4 is 29.7 Å². The molecule has 4 unspecified atom stereocenters. The second kappa shape index (κ2) is 12.6. The van der Waals surface area contributed by atoms with Crippen molar-refractivity contribution in [3.63, 3.8) is 0 Å². The molecule has 0 aliphatic rings.